The van der Waals surface area contributed by atoms with E-state index in [0.29, 0.717) is 0 Å². The van der Waals surface area contributed by atoms with E-state index in [2.05, 4.69) is 307 Å². The number of hydrogen-bond donors (Lipinski definition) is 0. The normalized spacial score (nSPS) is 12.8. The van der Waals surface area contributed by atoms with E-state index >= 15 is 0 Å². The number of nitrogens with zero attached hydrogens (tertiary/aromatic N) is 1. The second-order valence-corrected chi connectivity index (χ2v) is 22.2. The van der Waals surface area contributed by atoms with E-state index in [9.17, 15) is 0 Å². The average molecular weight is 952 g/mol. The minimum atomic E-state index is -0.688. The van der Waals surface area contributed by atoms with Crippen LogP contribution in [0.25, 0.3) is 66.4 Å². The molecule has 11 aromatic rings. The first-order valence-corrected chi connectivity index (χ1v) is 26.1. The topological polar surface area (TPSA) is 3.24 Å². The second-order valence-electron chi connectivity index (χ2n) is 22.2. The van der Waals surface area contributed by atoms with Crippen LogP contribution in [0.1, 0.15) is 74.9 Å². The summed E-state index contributed by atoms with van der Waals surface area (Å²) in [4.78, 5) is 2.44. The van der Waals surface area contributed by atoms with Gasteiger partial charge >= 0.3 is 0 Å². The summed E-state index contributed by atoms with van der Waals surface area (Å²) in [6.07, 6.45) is 0. The molecule has 0 atom stereocenters. The third kappa shape index (κ3) is 8.33. The Morgan fingerprint density at radius 3 is 1.28 bits per heavy atom. The summed E-state index contributed by atoms with van der Waals surface area (Å²) in [6.45, 7) is 14.0. The molecule has 358 valence electrons. The maximum atomic E-state index is 2.52. The number of fused-ring (bicyclic) bond motifs is 4. The third-order valence-electron chi connectivity index (χ3n) is 15.5. The average Bonchev–Trinajstić information content (AvgIpc) is 3.75. The Bertz CT molecular complexity index is 3680. The molecule has 1 nitrogen and oxygen atoms in total. The van der Waals surface area contributed by atoms with Crippen molar-refractivity contribution in [3.63, 3.8) is 0 Å². The van der Waals surface area contributed by atoms with Crippen molar-refractivity contribution >= 4 is 27.8 Å². The van der Waals surface area contributed by atoms with Crippen LogP contribution in [0.2, 0.25) is 0 Å². The smallest absolute Gasteiger partial charge is 0.0714 e. The molecule has 0 N–H and O–H groups in total. The number of hydrogen-bond acceptors (Lipinski definition) is 1. The van der Waals surface area contributed by atoms with E-state index < -0.39 is 5.41 Å². The Morgan fingerprint density at radius 1 is 0.284 bits per heavy atom. The van der Waals surface area contributed by atoms with Gasteiger partial charge in [-0.05, 0) is 159 Å². The van der Waals surface area contributed by atoms with Gasteiger partial charge in [-0.1, -0.05) is 254 Å². The lowest BCUT2D eigenvalue weighted by Crippen LogP contribution is -2.30. The van der Waals surface area contributed by atoms with Crippen LogP contribution < -0.4 is 4.90 Å². The molecular formula is C73H61N. The highest BCUT2D eigenvalue weighted by Gasteiger charge is 2.47. The molecule has 1 heteroatoms. The van der Waals surface area contributed by atoms with Crippen molar-refractivity contribution in [1.29, 1.82) is 0 Å². The van der Waals surface area contributed by atoms with Gasteiger partial charge in [0.05, 0.1) is 5.41 Å². The van der Waals surface area contributed by atoms with Crippen LogP contribution in [0.5, 0.6) is 0 Å². The van der Waals surface area contributed by atoms with Crippen LogP contribution in [0.3, 0.4) is 0 Å². The minimum Gasteiger partial charge on any atom is -0.310 e. The third-order valence-corrected chi connectivity index (χ3v) is 15.5. The fourth-order valence-corrected chi connectivity index (χ4v) is 11.5. The highest BCUT2D eigenvalue weighted by atomic mass is 15.1. The van der Waals surface area contributed by atoms with E-state index in [1.165, 1.54) is 99.8 Å². The van der Waals surface area contributed by atoms with E-state index in [4.69, 9.17) is 0 Å². The van der Waals surface area contributed by atoms with Gasteiger partial charge in [0.1, 0.15) is 0 Å². The van der Waals surface area contributed by atoms with E-state index in [0.717, 1.165) is 17.1 Å². The Balaban J connectivity index is 1.11. The maximum absolute atomic E-state index is 2.52. The van der Waals surface area contributed by atoms with Crippen LogP contribution in [-0.2, 0) is 16.2 Å². The van der Waals surface area contributed by atoms with Crippen molar-refractivity contribution in [3.05, 3.63) is 294 Å². The second kappa shape index (κ2) is 18.5. The first kappa shape index (κ1) is 46.5. The van der Waals surface area contributed by atoms with Crippen molar-refractivity contribution in [2.24, 2.45) is 0 Å². The zero-order valence-electron chi connectivity index (χ0n) is 43.3. The fraction of sp³-hybridized carbons (Fsp3) is 0.123. The Hall–Kier alpha value is -8.52. The lowest BCUT2D eigenvalue weighted by Gasteiger charge is -2.37. The van der Waals surface area contributed by atoms with Gasteiger partial charge in [-0.25, -0.2) is 0 Å². The van der Waals surface area contributed by atoms with Gasteiger partial charge in [-0.3, -0.25) is 0 Å². The number of anilines is 3. The maximum Gasteiger partial charge on any atom is 0.0714 e. The van der Waals surface area contributed by atoms with Gasteiger partial charge in [0, 0.05) is 17.1 Å². The quantitative estimate of drug-likeness (QED) is 0.139. The highest BCUT2D eigenvalue weighted by Crippen LogP contribution is 2.59. The largest absolute Gasteiger partial charge is 0.310 e. The van der Waals surface area contributed by atoms with Crippen molar-refractivity contribution in [1.82, 2.24) is 0 Å². The van der Waals surface area contributed by atoms with E-state index in [-0.39, 0.29) is 10.8 Å². The molecule has 0 unspecified atom stereocenters. The monoisotopic (exact) mass is 951 g/mol. The standard InChI is InChI=1S/C73H61N/c1-71(2,3)58-27-17-29-60(47-58)73(61-30-18-28-59(48-61)72(4,5)6)69-46-56(55-25-15-26-57(45-55)66-32-16-24-54-23-13-14-31-65(54)66)37-43-67(69)68-44-42-64(49-70(68)73)74(62-38-33-52(34-39-62)50-19-9-7-10-20-50)63-40-35-53(36-41-63)51-21-11-8-12-22-51/h7-49H,1-6H3. The number of rotatable bonds is 9. The Labute approximate surface area is 438 Å². The molecule has 1 aliphatic rings. The molecule has 1 aliphatic carbocycles. The summed E-state index contributed by atoms with van der Waals surface area (Å²) in [5, 5.41) is 2.51. The van der Waals surface area contributed by atoms with Gasteiger partial charge in [-0.2, -0.15) is 0 Å². The van der Waals surface area contributed by atoms with E-state index in [1.54, 1.807) is 0 Å². The molecular weight excluding hydrogens is 891 g/mol. The van der Waals surface area contributed by atoms with Crippen LogP contribution in [0.15, 0.2) is 261 Å². The molecule has 0 spiro atoms. The molecule has 0 radical (unpaired) electrons. The molecule has 0 heterocycles. The van der Waals surface area contributed by atoms with Gasteiger partial charge in [-0.15, -0.1) is 0 Å². The van der Waals surface area contributed by atoms with Gasteiger partial charge in [0.2, 0.25) is 0 Å². The van der Waals surface area contributed by atoms with Crippen LogP contribution in [0.4, 0.5) is 17.1 Å². The van der Waals surface area contributed by atoms with Gasteiger partial charge in [0.25, 0.3) is 0 Å². The van der Waals surface area contributed by atoms with E-state index in [1.807, 2.05) is 0 Å². The van der Waals surface area contributed by atoms with Gasteiger partial charge < -0.3 is 4.90 Å². The van der Waals surface area contributed by atoms with Crippen LogP contribution in [-0.4, -0.2) is 0 Å². The fourth-order valence-electron chi connectivity index (χ4n) is 11.5. The van der Waals surface area contributed by atoms with Crippen molar-refractivity contribution < 1.29 is 0 Å². The Morgan fingerprint density at radius 2 is 0.703 bits per heavy atom. The summed E-state index contributed by atoms with van der Waals surface area (Å²) < 4.78 is 0. The van der Waals surface area contributed by atoms with Crippen molar-refractivity contribution in [2.45, 2.75) is 57.8 Å². The SMILES string of the molecule is CC(C)(C)c1cccc(C2(c3cccc(C(C)(C)C)c3)c3cc(-c4cccc(-c5cccc6ccccc56)c4)ccc3-c3ccc(N(c4ccc(-c5ccccc5)cc4)c4ccc(-c5ccccc5)cc4)cc32)c1. The van der Waals surface area contributed by atoms with Crippen LogP contribution >= 0.6 is 0 Å². The molecule has 74 heavy (non-hydrogen) atoms. The predicted octanol–water partition coefficient (Wildman–Crippen LogP) is 19.9. The molecule has 0 bridgehead atoms. The highest BCUT2D eigenvalue weighted by molar-refractivity contribution is 5.98. The lowest BCUT2D eigenvalue weighted by atomic mass is 9.65. The molecule has 12 rings (SSSR count). The summed E-state index contributed by atoms with van der Waals surface area (Å²) in [5.74, 6) is 0. The first-order valence-electron chi connectivity index (χ1n) is 26.1. The molecule has 0 aromatic heterocycles. The Kier molecular flexibility index (Phi) is 11.6. The lowest BCUT2D eigenvalue weighted by molar-refractivity contribution is 0.585. The van der Waals surface area contributed by atoms with Gasteiger partial charge in [0.15, 0.2) is 0 Å². The van der Waals surface area contributed by atoms with Crippen LogP contribution in [0, 0.1) is 0 Å². The molecule has 0 aliphatic heterocycles. The zero-order chi connectivity index (χ0) is 50.6. The summed E-state index contributed by atoms with van der Waals surface area (Å²) in [7, 11) is 0. The molecule has 0 fully saturated rings. The zero-order valence-corrected chi connectivity index (χ0v) is 43.3. The van der Waals surface area contributed by atoms with Crippen molar-refractivity contribution in [2.75, 3.05) is 4.90 Å². The number of benzene rings is 11. The molecule has 11 aromatic carbocycles. The minimum absolute atomic E-state index is 0.0743. The summed E-state index contributed by atoms with van der Waals surface area (Å²) >= 11 is 0. The molecule has 0 amide bonds. The summed E-state index contributed by atoms with van der Waals surface area (Å²) in [6, 6.07) is 97.5. The first-order chi connectivity index (χ1) is 35.9. The molecule has 0 saturated carbocycles. The van der Waals surface area contributed by atoms with Crippen molar-refractivity contribution in [3.8, 4) is 55.6 Å². The summed E-state index contributed by atoms with van der Waals surface area (Å²) in [5.41, 5.74) is 22.3. The predicted molar refractivity (Wildman–Crippen MR) is 315 cm³/mol. The molecule has 0 saturated heterocycles.